The van der Waals surface area contributed by atoms with Gasteiger partial charge in [0.05, 0.1) is 12.1 Å². The Balaban J connectivity index is 1.91. The number of carbonyl (C=O) groups is 1. The van der Waals surface area contributed by atoms with Gasteiger partial charge in [0.1, 0.15) is 12.0 Å². The molecule has 0 radical (unpaired) electrons. The van der Waals surface area contributed by atoms with Crippen LogP contribution in [0.3, 0.4) is 0 Å². The highest BCUT2D eigenvalue weighted by Gasteiger charge is 2.45. The van der Waals surface area contributed by atoms with Gasteiger partial charge < -0.3 is 9.42 Å². The smallest absolute Gasteiger partial charge is 0.344 e. The highest BCUT2D eigenvalue weighted by Crippen LogP contribution is 2.36. The number of piperidine rings is 1. The topological polar surface area (TPSA) is 69.8 Å². The first-order valence-electron chi connectivity index (χ1n) is 4.96. The van der Waals surface area contributed by atoms with E-state index in [9.17, 15) is 10.0 Å². The van der Waals surface area contributed by atoms with Gasteiger partial charge in [-0.05, 0) is 12.8 Å². The van der Waals surface area contributed by atoms with Crippen LogP contribution in [-0.4, -0.2) is 38.9 Å². The molecule has 6 heteroatoms. The lowest BCUT2D eigenvalue weighted by Crippen LogP contribution is -2.34. The van der Waals surface area contributed by atoms with Crippen LogP contribution in [0.15, 0.2) is 16.9 Å². The van der Waals surface area contributed by atoms with E-state index in [0.29, 0.717) is 6.54 Å². The van der Waals surface area contributed by atoms with Gasteiger partial charge in [-0.1, -0.05) is 5.16 Å². The van der Waals surface area contributed by atoms with E-state index in [0.717, 1.165) is 23.6 Å². The van der Waals surface area contributed by atoms with Crippen molar-refractivity contribution in [3.8, 4) is 0 Å². The summed E-state index contributed by atoms with van der Waals surface area (Å²) in [6.45, 7) is 0.576. The quantitative estimate of drug-likeness (QED) is 0.700. The number of rotatable bonds is 1. The number of amides is 2. The molecular weight excluding hydrogens is 198 g/mol. The molecule has 3 rings (SSSR count). The second-order valence-corrected chi connectivity index (χ2v) is 3.95. The van der Waals surface area contributed by atoms with Crippen LogP contribution in [0, 0.1) is 0 Å². The van der Waals surface area contributed by atoms with Gasteiger partial charge in [0, 0.05) is 12.6 Å². The molecule has 0 aliphatic carbocycles. The first kappa shape index (κ1) is 8.72. The maximum Gasteiger partial charge on any atom is 0.344 e. The fraction of sp³-hybridized carbons (Fsp3) is 0.556. The summed E-state index contributed by atoms with van der Waals surface area (Å²) in [5, 5.41) is 14.2. The van der Waals surface area contributed by atoms with Crippen molar-refractivity contribution in [2.45, 2.75) is 24.9 Å². The Bertz CT molecular complexity index is 378. The number of urea groups is 1. The summed E-state index contributed by atoms with van der Waals surface area (Å²) >= 11 is 0. The van der Waals surface area contributed by atoms with E-state index in [1.165, 1.54) is 6.26 Å². The summed E-state index contributed by atoms with van der Waals surface area (Å²) < 4.78 is 4.77. The lowest BCUT2D eigenvalue weighted by atomic mass is 9.99. The molecule has 1 N–H and O–H groups in total. The van der Waals surface area contributed by atoms with Crippen LogP contribution in [0.1, 0.15) is 24.6 Å². The third-order valence-corrected chi connectivity index (χ3v) is 3.14. The maximum atomic E-state index is 11.6. The molecule has 1 aromatic rings. The number of nitrogens with zero attached hydrogens (tertiary/aromatic N) is 3. The minimum absolute atomic E-state index is 0.0513. The van der Waals surface area contributed by atoms with Gasteiger partial charge in [-0.15, -0.1) is 0 Å². The maximum absolute atomic E-state index is 11.6. The fourth-order valence-electron chi connectivity index (χ4n) is 2.35. The van der Waals surface area contributed by atoms with Crippen molar-refractivity contribution in [2.75, 3.05) is 6.54 Å². The Morgan fingerprint density at radius 3 is 3.13 bits per heavy atom. The second-order valence-electron chi connectivity index (χ2n) is 3.95. The average Bonchev–Trinajstić information content (AvgIpc) is 2.85. The van der Waals surface area contributed by atoms with Gasteiger partial charge >= 0.3 is 6.03 Å². The molecule has 1 aromatic heterocycles. The second kappa shape index (κ2) is 2.96. The molecule has 0 aromatic carbocycles. The van der Waals surface area contributed by atoms with Crippen molar-refractivity contribution in [3.63, 3.8) is 0 Å². The van der Waals surface area contributed by atoms with Crippen molar-refractivity contribution in [2.24, 2.45) is 0 Å². The predicted octanol–water partition coefficient (Wildman–Crippen LogP) is 1.00. The zero-order valence-corrected chi connectivity index (χ0v) is 8.04. The molecule has 15 heavy (non-hydrogen) atoms. The van der Waals surface area contributed by atoms with Gasteiger partial charge in [0.15, 0.2) is 0 Å². The summed E-state index contributed by atoms with van der Waals surface area (Å²) in [7, 11) is 0. The van der Waals surface area contributed by atoms with E-state index < -0.39 is 0 Å². The summed E-state index contributed by atoms with van der Waals surface area (Å²) in [6.07, 6.45) is 3.12. The minimum atomic E-state index is -0.328. The zero-order valence-electron chi connectivity index (χ0n) is 8.04. The van der Waals surface area contributed by atoms with Crippen LogP contribution in [0.2, 0.25) is 0 Å². The molecule has 6 nitrogen and oxygen atoms in total. The Morgan fingerprint density at radius 1 is 1.53 bits per heavy atom. The lowest BCUT2D eigenvalue weighted by molar-refractivity contribution is -0.0584. The van der Waals surface area contributed by atoms with E-state index in [1.54, 1.807) is 11.0 Å². The monoisotopic (exact) mass is 209 g/mol. The van der Waals surface area contributed by atoms with Crippen LogP contribution in [0.5, 0.6) is 0 Å². The van der Waals surface area contributed by atoms with Gasteiger partial charge in [0.25, 0.3) is 0 Å². The van der Waals surface area contributed by atoms with Crippen LogP contribution in [-0.2, 0) is 0 Å². The van der Waals surface area contributed by atoms with Gasteiger partial charge in [-0.3, -0.25) is 5.21 Å². The van der Waals surface area contributed by atoms with Crippen LogP contribution in [0.25, 0.3) is 0 Å². The van der Waals surface area contributed by atoms with Crippen LogP contribution in [0.4, 0.5) is 4.79 Å². The molecule has 2 aliphatic heterocycles. The lowest BCUT2D eigenvalue weighted by Gasteiger charge is -2.28. The Hall–Kier alpha value is -1.56. The summed E-state index contributed by atoms with van der Waals surface area (Å²) in [6, 6.07) is 1.33. The van der Waals surface area contributed by atoms with Crippen LogP contribution < -0.4 is 0 Å². The Labute approximate surface area is 86.0 Å². The van der Waals surface area contributed by atoms with Gasteiger partial charge in [-0.25, -0.2) is 9.86 Å². The fourth-order valence-corrected chi connectivity index (χ4v) is 2.35. The van der Waals surface area contributed by atoms with Crippen molar-refractivity contribution < 1.29 is 14.5 Å². The summed E-state index contributed by atoms with van der Waals surface area (Å²) in [5.41, 5.74) is 0.761. The first-order valence-corrected chi connectivity index (χ1v) is 4.96. The highest BCUT2D eigenvalue weighted by atomic mass is 16.5. The molecule has 0 saturated carbocycles. The van der Waals surface area contributed by atoms with E-state index in [-0.39, 0.29) is 18.1 Å². The van der Waals surface area contributed by atoms with E-state index in [2.05, 4.69) is 5.16 Å². The molecule has 3 heterocycles. The molecule has 2 bridgehead atoms. The van der Waals surface area contributed by atoms with E-state index in [1.807, 2.05) is 0 Å². The highest BCUT2D eigenvalue weighted by molar-refractivity contribution is 5.76. The van der Waals surface area contributed by atoms with Gasteiger partial charge in [-0.2, -0.15) is 0 Å². The van der Waals surface area contributed by atoms with Gasteiger partial charge in [0.2, 0.25) is 0 Å². The van der Waals surface area contributed by atoms with Crippen molar-refractivity contribution >= 4 is 6.03 Å². The third kappa shape index (κ3) is 1.14. The Kier molecular flexibility index (Phi) is 1.72. The molecule has 0 unspecified atom stereocenters. The average molecular weight is 209 g/mol. The molecule has 2 atom stereocenters. The largest absolute Gasteiger partial charge is 0.364 e. The molecule has 2 aliphatic rings. The molecular formula is C9H11N3O3. The summed E-state index contributed by atoms with van der Waals surface area (Å²) in [4.78, 5) is 13.3. The van der Waals surface area contributed by atoms with E-state index >= 15 is 0 Å². The number of hydrogen-bond acceptors (Lipinski definition) is 4. The normalized spacial score (nSPS) is 30.1. The number of fused-ring (bicyclic) bond motifs is 2. The standard InChI is InChI=1S/C9H11N3O3/c13-9-11-5-6(12(9)14)1-2-8(11)7-3-4-15-10-7/h3-4,6,8,14H,1-2,5H2/t6-,8+/m1/s1. The molecule has 2 fully saturated rings. The van der Waals surface area contributed by atoms with Crippen molar-refractivity contribution in [1.82, 2.24) is 15.1 Å². The number of carbonyl (C=O) groups excluding carboxylic acids is 1. The van der Waals surface area contributed by atoms with E-state index in [4.69, 9.17) is 4.52 Å². The predicted molar refractivity (Wildman–Crippen MR) is 48.0 cm³/mol. The number of hydrogen-bond donors (Lipinski definition) is 1. The van der Waals surface area contributed by atoms with Crippen molar-refractivity contribution in [1.29, 1.82) is 0 Å². The minimum Gasteiger partial charge on any atom is -0.364 e. The molecule has 2 amide bonds. The zero-order chi connectivity index (χ0) is 10.4. The molecule has 2 saturated heterocycles. The van der Waals surface area contributed by atoms with Crippen molar-refractivity contribution in [3.05, 3.63) is 18.0 Å². The number of hydroxylamine groups is 2. The Morgan fingerprint density at radius 2 is 2.40 bits per heavy atom. The third-order valence-electron chi connectivity index (χ3n) is 3.14. The number of aromatic nitrogens is 1. The molecule has 80 valence electrons. The SMILES string of the molecule is O=C1N(O)[C@@H]2CC[C@@H](c3ccon3)N1C2. The van der Waals surface area contributed by atoms with Crippen LogP contribution >= 0.6 is 0 Å². The molecule has 0 spiro atoms. The summed E-state index contributed by atoms with van der Waals surface area (Å²) in [5.74, 6) is 0. The first-order chi connectivity index (χ1) is 7.27.